The topological polar surface area (TPSA) is 29.5 Å². The molecule has 0 amide bonds. The van der Waals surface area contributed by atoms with Crippen molar-refractivity contribution in [1.29, 1.82) is 0 Å². The molecule has 3 nitrogen and oxygen atoms in total. The predicted molar refractivity (Wildman–Crippen MR) is 63.8 cm³/mol. The number of carbonyl (C=O) groups is 1. The number of ether oxygens (including phenoxy) is 1. The van der Waals surface area contributed by atoms with Crippen molar-refractivity contribution >= 4 is 11.7 Å². The van der Waals surface area contributed by atoms with Gasteiger partial charge in [-0.2, -0.15) is 0 Å². The Morgan fingerprint density at radius 1 is 1.38 bits per heavy atom. The molecule has 0 saturated heterocycles. The van der Waals surface area contributed by atoms with Crippen molar-refractivity contribution in [3.63, 3.8) is 0 Å². The molecule has 0 bridgehead atoms. The average Bonchev–Trinajstić information content (AvgIpc) is 2.35. The third-order valence-corrected chi connectivity index (χ3v) is 1.88. The molecule has 0 radical (unpaired) electrons. The third kappa shape index (κ3) is 3.89. The summed E-state index contributed by atoms with van der Waals surface area (Å²) in [5.41, 5.74) is 1.00. The Labute approximate surface area is 95.3 Å². The van der Waals surface area contributed by atoms with Gasteiger partial charge in [0, 0.05) is 24.9 Å². The largest absolute Gasteiger partial charge is 0.466 e. The van der Waals surface area contributed by atoms with Crippen LogP contribution >= 0.6 is 0 Å². The van der Waals surface area contributed by atoms with E-state index in [1.807, 2.05) is 37.4 Å². The lowest BCUT2D eigenvalue weighted by Gasteiger charge is -2.09. The predicted octanol–water partition coefficient (Wildman–Crippen LogP) is 1.81. The summed E-state index contributed by atoms with van der Waals surface area (Å²) in [7, 11) is 3.19. The highest BCUT2D eigenvalue weighted by Crippen LogP contribution is 2.08. The lowest BCUT2D eigenvalue weighted by atomic mass is 10.3. The van der Waals surface area contributed by atoms with E-state index in [4.69, 9.17) is 0 Å². The Balaban J connectivity index is 2.59. The minimum Gasteiger partial charge on any atom is -0.466 e. The lowest BCUT2D eigenvalue weighted by molar-refractivity contribution is -0.134. The zero-order valence-electron chi connectivity index (χ0n) is 9.31. The van der Waals surface area contributed by atoms with E-state index in [0.717, 1.165) is 5.69 Å². The highest BCUT2D eigenvalue weighted by molar-refractivity contribution is 5.82. The molecule has 1 aromatic rings. The first-order valence-electron chi connectivity index (χ1n) is 4.78. The maximum atomic E-state index is 10.7. The lowest BCUT2D eigenvalue weighted by Crippen LogP contribution is -2.07. The molecule has 1 aromatic carbocycles. The summed E-state index contributed by atoms with van der Waals surface area (Å²) < 4.78 is 4.43. The highest BCUT2D eigenvalue weighted by atomic mass is 16.5. The van der Waals surface area contributed by atoms with Crippen LogP contribution in [-0.2, 0) is 9.53 Å². The molecule has 1 rings (SSSR count). The molecule has 0 unspecified atom stereocenters. The maximum Gasteiger partial charge on any atom is 0.331 e. The molecule has 0 aliphatic heterocycles. The Morgan fingerprint density at radius 3 is 2.69 bits per heavy atom. The minimum atomic E-state index is -0.406. The summed E-state index contributed by atoms with van der Waals surface area (Å²) in [6.45, 7) is 0. The van der Waals surface area contributed by atoms with E-state index in [-0.39, 0.29) is 0 Å². The molecule has 0 heterocycles. The number of nitrogens with zero attached hydrogens (tertiary/aromatic N) is 1. The molecule has 0 aliphatic carbocycles. The Kier molecular flexibility index (Phi) is 4.68. The van der Waals surface area contributed by atoms with Gasteiger partial charge in [-0.15, -0.1) is 0 Å². The monoisotopic (exact) mass is 215 g/mol. The van der Waals surface area contributed by atoms with Gasteiger partial charge in [0.2, 0.25) is 0 Å². The molecule has 82 valence electrons. The van der Waals surface area contributed by atoms with Crippen molar-refractivity contribution in [2.45, 2.75) is 0 Å². The van der Waals surface area contributed by atoms with Crippen LogP contribution in [0.5, 0.6) is 0 Å². The molecule has 0 saturated carbocycles. The summed E-state index contributed by atoms with van der Waals surface area (Å²) in [4.78, 5) is 12.5. The molecule has 0 N–H and O–H groups in total. The normalized spacial score (nSPS) is 9.38. The number of anilines is 1. The second-order valence-corrected chi connectivity index (χ2v) is 3.01. The van der Waals surface area contributed by atoms with Crippen molar-refractivity contribution in [2.24, 2.45) is 0 Å². The molecule has 16 heavy (non-hydrogen) atoms. The number of allylic oxidation sites excluding steroid dienone is 1. The smallest absolute Gasteiger partial charge is 0.331 e. The van der Waals surface area contributed by atoms with Crippen LogP contribution in [0.2, 0.25) is 0 Å². The number of methoxy groups -OCH3 is 1. The first-order valence-corrected chi connectivity index (χ1v) is 4.78. The summed E-state index contributed by atoms with van der Waals surface area (Å²) >= 11 is 0. The van der Waals surface area contributed by atoms with Gasteiger partial charge in [0.1, 0.15) is 0 Å². The van der Waals surface area contributed by atoms with Gasteiger partial charge >= 0.3 is 5.97 Å². The van der Waals surface area contributed by atoms with Crippen LogP contribution in [-0.4, -0.2) is 20.1 Å². The number of benzene rings is 1. The summed E-state index contributed by atoms with van der Waals surface area (Å²) in [5.74, 6) is 2.34. The highest BCUT2D eigenvalue weighted by Gasteiger charge is 1.92. The van der Waals surface area contributed by atoms with Crippen molar-refractivity contribution in [3.8, 4) is 12.0 Å². The van der Waals surface area contributed by atoms with Crippen molar-refractivity contribution in [1.82, 2.24) is 0 Å². The quantitative estimate of drug-likeness (QED) is 0.326. The van der Waals surface area contributed by atoms with E-state index >= 15 is 0 Å². The molecule has 0 aromatic heterocycles. The molecule has 0 aliphatic rings. The number of hydrogen-bond acceptors (Lipinski definition) is 3. The summed E-state index contributed by atoms with van der Waals surface area (Å²) in [6, 6.07) is 12.6. The number of para-hydroxylation sites is 1. The molecular weight excluding hydrogens is 202 g/mol. The maximum absolute atomic E-state index is 10.7. The van der Waals surface area contributed by atoms with Gasteiger partial charge in [-0.3, -0.25) is 0 Å². The van der Waals surface area contributed by atoms with Crippen LogP contribution in [0.25, 0.3) is 0 Å². The van der Waals surface area contributed by atoms with E-state index in [1.54, 1.807) is 4.90 Å². The van der Waals surface area contributed by atoms with Gasteiger partial charge in [0.05, 0.1) is 7.11 Å². The van der Waals surface area contributed by atoms with Gasteiger partial charge in [-0.25, -0.2) is 4.79 Å². The van der Waals surface area contributed by atoms with Gasteiger partial charge in [-0.1, -0.05) is 24.1 Å². The third-order valence-electron chi connectivity index (χ3n) is 1.88. The van der Waals surface area contributed by atoms with E-state index in [2.05, 4.69) is 16.7 Å². The second kappa shape index (κ2) is 6.31. The van der Waals surface area contributed by atoms with Gasteiger partial charge < -0.3 is 9.64 Å². The zero-order valence-corrected chi connectivity index (χ0v) is 9.31. The minimum absolute atomic E-state index is 0.406. The first-order chi connectivity index (χ1) is 7.74. The standard InChI is InChI=1S/C13H13NO2/c1-14(12-8-4-3-5-9-12)11-7-6-10-13(15)16-2/h3-6,8-10H,1-2H3. The number of hydrogen-bond donors (Lipinski definition) is 0. The number of esters is 1. The SMILES string of the molecule is COC(=O)C=CC#CN(C)c1ccccc1. The fourth-order valence-electron chi connectivity index (χ4n) is 1.03. The van der Waals surface area contributed by atoms with Crippen LogP contribution in [0.4, 0.5) is 5.69 Å². The second-order valence-electron chi connectivity index (χ2n) is 3.01. The Hall–Kier alpha value is -2.21. The Morgan fingerprint density at radius 2 is 2.06 bits per heavy atom. The van der Waals surface area contributed by atoms with E-state index in [0.29, 0.717) is 0 Å². The van der Waals surface area contributed by atoms with Crippen LogP contribution in [0.3, 0.4) is 0 Å². The van der Waals surface area contributed by atoms with Gasteiger partial charge in [0.15, 0.2) is 0 Å². The fourth-order valence-corrected chi connectivity index (χ4v) is 1.03. The van der Waals surface area contributed by atoms with Crippen LogP contribution in [0.1, 0.15) is 0 Å². The number of rotatable bonds is 2. The number of carbonyl (C=O) groups excluding carboxylic acids is 1. The average molecular weight is 215 g/mol. The van der Waals surface area contributed by atoms with Gasteiger partial charge in [0.25, 0.3) is 0 Å². The van der Waals surface area contributed by atoms with Crippen LogP contribution in [0.15, 0.2) is 42.5 Å². The fraction of sp³-hybridized carbons (Fsp3) is 0.154. The van der Waals surface area contributed by atoms with Crippen molar-refractivity contribution in [2.75, 3.05) is 19.1 Å². The summed E-state index contributed by atoms with van der Waals surface area (Å²) in [6.07, 6.45) is 2.75. The zero-order chi connectivity index (χ0) is 11.8. The van der Waals surface area contributed by atoms with Crippen molar-refractivity contribution in [3.05, 3.63) is 42.5 Å². The van der Waals surface area contributed by atoms with Crippen LogP contribution in [0, 0.1) is 12.0 Å². The first kappa shape index (κ1) is 11.9. The molecular formula is C13H13NO2. The van der Waals surface area contributed by atoms with E-state index in [9.17, 15) is 4.79 Å². The molecule has 3 heteroatoms. The van der Waals surface area contributed by atoms with Gasteiger partial charge in [-0.05, 0) is 18.2 Å². The van der Waals surface area contributed by atoms with Crippen LogP contribution < -0.4 is 4.90 Å². The van der Waals surface area contributed by atoms with Crippen molar-refractivity contribution < 1.29 is 9.53 Å². The van der Waals surface area contributed by atoms with E-state index < -0.39 is 5.97 Å². The Bertz CT molecular complexity index is 426. The molecule has 0 spiro atoms. The molecule has 0 atom stereocenters. The molecule has 0 fully saturated rings. The summed E-state index contributed by atoms with van der Waals surface area (Å²) in [5, 5.41) is 0. The van der Waals surface area contributed by atoms with E-state index in [1.165, 1.54) is 19.3 Å².